The average Bonchev–Trinajstić information content (AvgIpc) is 1.94. The standard InChI is InChI=1S/C8H10Br2N2/c1-5(11)2-8-7(10)3-6(9)4-12-8/h3-5H,2,11H2,1H3. The Labute approximate surface area is 88.8 Å². The van der Waals surface area contributed by atoms with Crippen molar-refractivity contribution in [2.75, 3.05) is 0 Å². The summed E-state index contributed by atoms with van der Waals surface area (Å²) in [6.07, 6.45) is 2.58. The highest BCUT2D eigenvalue weighted by atomic mass is 79.9. The Morgan fingerprint density at radius 1 is 1.58 bits per heavy atom. The second kappa shape index (κ2) is 4.35. The van der Waals surface area contributed by atoms with Gasteiger partial charge in [-0.05, 0) is 44.8 Å². The van der Waals surface area contributed by atoms with Crippen molar-refractivity contribution in [2.45, 2.75) is 19.4 Å². The van der Waals surface area contributed by atoms with Gasteiger partial charge in [-0.15, -0.1) is 0 Å². The average molecular weight is 294 g/mol. The molecule has 0 aliphatic carbocycles. The van der Waals surface area contributed by atoms with E-state index in [0.717, 1.165) is 21.1 Å². The van der Waals surface area contributed by atoms with Gasteiger partial charge < -0.3 is 5.73 Å². The Morgan fingerprint density at radius 2 is 2.25 bits per heavy atom. The summed E-state index contributed by atoms with van der Waals surface area (Å²) in [6.45, 7) is 1.97. The van der Waals surface area contributed by atoms with Gasteiger partial charge in [-0.2, -0.15) is 0 Å². The second-order valence-electron chi connectivity index (χ2n) is 2.76. The van der Waals surface area contributed by atoms with E-state index in [-0.39, 0.29) is 6.04 Å². The van der Waals surface area contributed by atoms with Crippen molar-refractivity contribution in [1.29, 1.82) is 0 Å². The third kappa shape index (κ3) is 2.84. The number of pyridine rings is 1. The van der Waals surface area contributed by atoms with E-state index in [9.17, 15) is 0 Å². The summed E-state index contributed by atoms with van der Waals surface area (Å²) in [5.74, 6) is 0. The lowest BCUT2D eigenvalue weighted by Gasteiger charge is -2.06. The van der Waals surface area contributed by atoms with Crippen molar-refractivity contribution < 1.29 is 0 Å². The molecule has 0 fully saturated rings. The molecule has 0 radical (unpaired) electrons. The maximum atomic E-state index is 5.66. The van der Waals surface area contributed by atoms with E-state index in [4.69, 9.17) is 5.73 Å². The van der Waals surface area contributed by atoms with Crippen molar-refractivity contribution in [3.8, 4) is 0 Å². The van der Waals surface area contributed by atoms with Gasteiger partial charge in [0.1, 0.15) is 0 Å². The summed E-state index contributed by atoms with van der Waals surface area (Å²) in [5.41, 5.74) is 6.67. The zero-order chi connectivity index (χ0) is 9.14. The fourth-order valence-corrected chi connectivity index (χ4v) is 2.05. The molecule has 1 unspecified atom stereocenters. The van der Waals surface area contributed by atoms with Gasteiger partial charge in [0.05, 0.1) is 5.69 Å². The summed E-state index contributed by atoms with van der Waals surface area (Å²) >= 11 is 6.77. The number of hydrogen-bond acceptors (Lipinski definition) is 2. The van der Waals surface area contributed by atoms with Crippen LogP contribution in [0.1, 0.15) is 12.6 Å². The van der Waals surface area contributed by atoms with Crippen LogP contribution >= 0.6 is 31.9 Å². The normalized spacial score (nSPS) is 13.0. The van der Waals surface area contributed by atoms with Gasteiger partial charge in [0, 0.05) is 27.6 Å². The van der Waals surface area contributed by atoms with Crippen LogP contribution in [0, 0.1) is 0 Å². The van der Waals surface area contributed by atoms with Crippen molar-refractivity contribution in [3.63, 3.8) is 0 Å². The molecule has 1 rings (SSSR count). The predicted molar refractivity (Wildman–Crippen MR) is 57.0 cm³/mol. The van der Waals surface area contributed by atoms with Crippen LogP contribution in [-0.2, 0) is 6.42 Å². The molecule has 1 atom stereocenters. The number of aromatic nitrogens is 1. The minimum absolute atomic E-state index is 0.148. The van der Waals surface area contributed by atoms with E-state index in [2.05, 4.69) is 36.8 Å². The molecule has 0 saturated carbocycles. The lowest BCUT2D eigenvalue weighted by Crippen LogP contribution is -2.18. The third-order valence-electron chi connectivity index (χ3n) is 1.40. The summed E-state index contributed by atoms with van der Waals surface area (Å²) in [4.78, 5) is 4.24. The Balaban J connectivity index is 2.86. The van der Waals surface area contributed by atoms with E-state index >= 15 is 0 Å². The third-order valence-corrected chi connectivity index (χ3v) is 2.52. The number of hydrogen-bond donors (Lipinski definition) is 1. The molecule has 1 aromatic rings. The number of nitrogens with two attached hydrogens (primary N) is 1. The van der Waals surface area contributed by atoms with Gasteiger partial charge in [0.2, 0.25) is 0 Å². The molecule has 0 saturated heterocycles. The molecular weight excluding hydrogens is 284 g/mol. The van der Waals surface area contributed by atoms with E-state index in [0.29, 0.717) is 0 Å². The number of nitrogens with zero attached hydrogens (tertiary/aromatic N) is 1. The first kappa shape index (κ1) is 10.2. The van der Waals surface area contributed by atoms with Gasteiger partial charge in [0.25, 0.3) is 0 Å². The zero-order valence-corrected chi connectivity index (χ0v) is 9.89. The fourth-order valence-electron chi connectivity index (χ4n) is 0.898. The number of halogens is 2. The smallest absolute Gasteiger partial charge is 0.0561 e. The van der Waals surface area contributed by atoms with Gasteiger partial charge in [-0.3, -0.25) is 4.98 Å². The van der Waals surface area contributed by atoms with E-state index in [1.807, 2.05) is 13.0 Å². The lowest BCUT2D eigenvalue weighted by molar-refractivity contribution is 0.719. The lowest BCUT2D eigenvalue weighted by atomic mass is 10.2. The topological polar surface area (TPSA) is 38.9 Å². The first-order valence-electron chi connectivity index (χ1n) is 3.65. The monoisotopic (exact) mass is 292 g/mol. The molecule has 0 amide bonds. The highest BCUT2D eigenvalue weighted by Gasteiger charge is 2.04. The first-order chi connectivity index (χ1) is 5.59. The molecule has 4 heteroatoms. The minimum Gasteiger partial charge on any atom is -0.328 e. The van der Waals surface area contributed by atoms with E-state index in [1.54, 1.807) is 6.20 Å². The van der Waals surface area contributed by atoms with Crippen LogP contribution in [0.2, 0.25) is 0 Å². The fraction of sp³-hybridized carbons (Fsp3) is 0.375. The molecule has 0 bridgehead atoms. The van der Waals surface area contributed by atoms with Gasteiger partial charge >= 0.3 is 0 Å². The molecule has 0 spiro atoms. The summed E-state index contributed by atoms with van der Waals surface area (Å²) in [5, 5.41) is 0. The van der Waals surface area contributed by atoms with Crippen LogP contribution in [0.5, 0.6) is 0 Å². The molecule has 66 valence electrons. The van der Waals surface area contributed by atoms with Crippen LogP contribution in [0.3, 0.4) is 0 Å². The van der Waals surface area contributed by atoms with Crippen molar-refractivity contribution in [1.82, 2.24) is 4.98 Å². The maximum Gasteiger partial charge on any atom is 0.0561 e. The predicted octanol–water partition coefficient (Wildman–Crippen LogP) is 2.50. The van der Waals surface area contributed by atoms with Gasteiger partial charge in [0.15, 0.2) is 0 Å². The van der Waals surface area contributed by atoms with Crippen LogP contribution in [-0.4, -0.2) is 11.0 Å². The largest absolute Gasteiger partial charge is 0.328 e. The van der Waals surface area contributed by atoms with Crippen molar-refractivity contribution >= 4 is 31.9 Å². The molecule has 0 aliphatic heterocycles. The van der Waals surface area contributed by atoms with Crippen LogP contribution < -0.4 is 5.73 Å². The van der Waals surface area contributed by atoms with Gasteiger partial charge in [-0.25, -0.2) is 0 Å². The quantitative estimate of drug-likeness (QED) is 0.910. The molecular formula is C8H10Br2N2. The van der Waals surface area contributed by atoms with Crippen LogP contribution in [0.25, 0.3) is 0 Å². The van der Waals surface area contributed by atoms with E-state index < -0.39 is 0 Å². The Bertz CT molecular complexity index is 274. The number of rotatable bonds is 2. The van der Waals surface area contributed by atoms with Gasteiger partial charge in [-0.1, -0.05) is 0 Å². The summed E-state index contributed by atoms with van der Waals surface area (Å²) in [7, 11) is 0. The zero-order valence-electron chi connectivity index (χ0n) is 6.72. The van der Waals surface area contributed by atoms with Crippen molar-refractivity contribution in [3.05, 3.63) is 26.9 Å². The first-order valence-corrected chi connectivity index (χ1v) is 5.23. The minimum atomic E-state index is 0.148. The van der Waals surface area contributed by atoms with Crippen LogP contribution in [0.4, 0.5) is 0 Å². The molecule has 2 N–H and O–H groups in total. The molecule has 12 heavy (non-hydrogen) atoms. The Morgan fingerprint density at radius 3 is 2.75 bits per heavy atom. The van der Waals surface area contributed by atoms with Crippen molar-refractivity contribution in [2.24, 2.45) is 5.73 Å². The summed E-state index contributed by atoms with van der Waals surface area (Å²) in [6, 6.07) is 2.13. The highest BCUT2D eigenvalue weighted by molar-refractivity contribution is 9.11. The summed E-state index contributed by atoms with van der Waals surface area (Å²) < 4.78 is 1.98. The highest BCUT2D eigenvalue weighted by Crippen LogP contribution is 2.20. The second-order valence-corrected chi connectivity index (χ2v) is 4.53. The molecule has 2 nitrogen and oxygen atoms in total. The maximum absolute atomic E-state index is 5.66. The molecule has 1 aromatic heterocycles. The molecule has 1 heterocycles. The van der Waals surface area contributed by atoms with Crippen LogP contribution in [0.15, 0.2) is 21.2 Å². The Hall–Kier alpha value is 0.0700. The molecule has 0 aliphatic rings. The Kier molecular flexibility index (Phi) is 3.68. The SMILES string of the molecule is CC(N)Cc1ncc(Br)cc1Br. The van der Waals surface area contributed by atoms with E-state index in [1.165, 1.54) is 0 Å². The molecule has 0 aromatic carbocycles.